The number of H-pyrrole nitrogens is 1. The van der Waals surface area contributed by atoms with E-state index in [0.29, 0.717) is 18.3 Å². The van der Waals surface area contributed by atoms with Crippen LogP contribution >= 0.6 is 0 Å². The fourth-order valence-electron chi connectivity index (χ4n) is 4.60. The first-order chi connectivity index (χ1) is 18.1. The largest absolute Gasteiger partial charge is 0.335 e. The van der Waals surface area contributed by atoms with Gasteiger partial charge in [-0.3, -0.25) is 9.55 Å². The van der Waals surface area contributed by atoms with Gasteiger partial charge in [-0.2, -0.15) is 5.21 Å². The van der Waals surface area contributed by atoms with Crippen molar-refractivity contribution < 1.29 is 0 Å². The molecule has 37 heavy (non-hydrogen) atoms. The number of nitrogens with zero attached hydrogens (tertiary/aromatic N) is 8. The van der Waals surface area contributed by atoms with Crippen LogP contribution in [0.5, 0.6) is 0 Å². The lowest BCUT2D eigenvalue weighted by Crippen LogP contribution is -2.27. The van der Waals surface area contributed by atoms with Crippen molar-refractivity contribution in [2.24, 2.45) is 0 Å². The fourth-order valence-corrected chi connectivity index (χ4v) is 4.60. The van der Waals surface area contributed by atoms with Crippen molar-refractivity contribution in [3.8, 4) is 28.5 Å². The van der Waals surface area contributed by atoms with Crippen LogP contribution in [0, 0.1) is 0 Å². The molecule has 1 aromatic carbocycles. The van der Waals surface area contributed by atoms with Gasteiger partial charge in [-0.15, -0.1) is 10.2 Å². The van der Waals surface area contributed by atoms with Crippen molar-refractivity contribution in [1.82, 2.24) is 44.3 Å². The number of hydrogen-bond acceptors (Lipinski definition) is 6. The number of benzene rings is 1. The minimum absolute atomic E-state index is 0.108. The van der Waals surface area contributed by atoms with Crippen LogP contribution in [0.15, 0.2) is 66.1 Å². The highest BCUT2D eigenvalue weighted by molar-refractivity contribution is 5.81. The van der Waals surface area contributed by atoms with Crippen LogP contribution in [0.1, 0.15) is 57.3 Å². The van der Waals surface area contributed by atoms with Crippen molar-refractivity contribution in [3.63, 3.8) is 0 Å². The van der Waals surface area contributed by atoms with Gasteiger partial charge >= 0.3 is 5.69 Å². The Hall–Kier alpha value is -4.34. The molecule has 0 saturated carbocycles. The van der Waals surface area contributed by atoms with Gasteiger partial charge in [-0.05, 0) is 54.2 Å². The molecule has 10 nitrogen and oxygen atoms in total. The molecular formula is C27H31N9O. The molecule has 0 aliphatic carbocycles. The van der Waals surface area contributed by atoms with Crippen LogP contribution in [0.2, 0.25) is 0 Å². The first kappa shape index (κ1) is 24.4. The molecule has 0 amide bonds. The third-order valence-corrected chi connectivity index (χ3v) is 6.81. The molecule has 5 aromatic rings. The van der Waals surface area contributed by atoms with E-state index in [1.54, 1.807) is 17.0 Å². The topological polar surface area (TPSA) is 112 Å². The van der Waals surface area contributed by atoms with Gasteiger partial charge in [0.1, 0.15) is 0 Å². The molecule has 5 rings (SSSR count). The quantitative estimate of drug-likeness (QED) is 0.305. The van der Waals surface area contributed by atoms with E-state index in [1.165, 1.54) is 0 Å². The molecule has 4 heterocycles. The summed E-state index contributed by atoms with van der Waals surface area (Å²) in [5, 5.41) is 14.6. The van der Waals surface area contributed by atoms with E-state index >= 15 is 0 Å². The molecule has 1 N–H and O–H groups in total. The highest BCUT2D eigenvalue weighted by Crippen LogP contribution is 2.32. The first-order valence-corrected chi connectivity index (χ1v) is 12.7. The normalized spacial score (nSPS) is 12.2. The van der Waals surface area contributed by atoms with Crippen molar-refractivity contribution in [1.29, 1.82) is 0 Å². The number of pyridine rings is 1. The van der Waals surface area contributed by atoms with Gasteiger partial charge in [-0.25, -0.2) is 14.3 Å². The van der Waals surface area contributed by atoms with Gasteiger partial charge in [0.05, 0.1) is 6.54 Å². The zero-order valence-electron chi connectivity index (χ0n) is 21.4. The van der Waals surface area contributed by atoms with Crippen molar-refractivity contribution in [2.75, 3.05) is 0 Å². The Morgan fingerprint density at radius 2 is 1.89 bits per heavy atom. The zero-order valence-corrected chi connectivity index (χ0v) is 21.4. The van der Waals surface area contributed by atoms with E-state index in [1.807, 2.05) is 53.5 Å². The summed E-state index contributed by atoms with van der Waals surface area (Å²) in [4.78, 5) is 22.8. The molecule has 4 aromatic heterocycles. The number of rotatable bonds is 10. The SMILES string of the molecule is CCCCc1cn(-c2nccn2C(C)CC)c(=O)n1Cc1cnccc1-c1ccccc1-c1nn[nH]n1. The van der Waals surface area contributed by atoms with Gasteiger partial charge in [0, 0.05) is 48.3 Å². The number of tetrazole rings is 1. The third-order valence-electron chi connectivity index (χ3n) is 6.81. The Labute approximate surface area is 215 Å². The predicted molar refractivity (Wildman–Crippen MR) is 141 cm³/mol. The lowest BCUT2D eigenvalue weighted by molar-refractivity contribution is 0.517. The minimum atomic E-state index is -0.108. The first-order valence-electron chi connectivity index (χ1n) is 12.7. The van der Waals surface area contributed by atoms with Crippen molar-refractivity contribution in [2.45, 2.75) is 59.0 Å². The second-order valence-corrected chi connectivity index (χ2v) is 9.17. The van der Waals surface area contributed by atoms with Gasteiger partial charge in [0.25, 0.3) is 0 Å². The van der Waals surface area contributed by atoms with Crippen molar-refractivity contribution in [3.05, 3.63) is 83.1 Å². The summed E-state index contributed by atoms with van der Waals surface area (Å²) in [5.74, 6) is 1.16. The number of aryl methyl sites for hydroxylation is 1. The average molecular weight is 498 g/mol. The van der Waals surface area contributed by atoms with Gasteiger partial charge in [0.15, 0.2) is 0 Å². The van der Waals surface area contributed by atoms with E-state index in [9.17, 15) is 4.79 Å². The third kappa shape index (κ3) is 4.74. The monoisotopic (exact) mass is 497 g/mol. The van der Waals surface area contributed by atoms with E-state index in [4.69, 9.17) is 0 Å². The summed E-state index contributed by atoms with van der Waals surface area (Å²) in [7, 11) is 0. The highest BCUT2D eigenvalue weighted by Gasteiger charge is 2.20. The van der Waals surface area contributed by atoms with Crippen LogP contribution in [0.3, 0.4) is 0 Å². The number of aromatic nitrogens is 9. The second-order valence-electron chi connectivity index (χ2n) is 9.17. The number of aromatic amines is 1. The Kier molecular flexibility index (Phi) is 7.07. The smallest absolute Gasteiger partial charge is 0.314 e. The maximum atomic E-state index is 13.8. The zero-order chi connectivity index (χ0) is 25.8. The van der Waals surface area contributed by atoms with Gasteiger partial charge in [-0.1, -0.05) is 44.5 Å². The molecule has 1 atom stereocenters. The van der Waals surface area contributed by atoms with Gasteiger partial charge in [0.2, 0.25) is 11.8 Å². The Morgan fingerprint density at radius 3 is 2.65 bits per heavy atom. The molecule has 0 bridgehead atoms. The predicted octanol–water partition coefficient (Wildman–Crippen LogP) is 4.44. The average Bonchev–Trinajstić information content (AvgIpc) is 3.69. The van der Waals surface area contributed by atoms with Crippen LogP contribution in [0.4, 0.5) is 0 Å². The summed E-state index contributed by atoms with van der Waals surface area (Å²) < 4.78 is 5.59. The molecule has 0 spiro atoms. The Balaban J connectivity index is 1.60. The molecule has 190 valence electrons. The molecule has 0 aliphatic rings. The lowest BCUT2D eigenvalue weighted by Gasteiger charge is -2.14. The summed E-state index contributed by atoms with van der Waals surface area (Å²) >= 11 is 0. The fraction of sp³-hybridized carbons (Fsp3) is 0.333. The molecular weight excluding hydrogens is 466 g/mol. The van der Waals surface area contributed by atoms with E-state index in [2.05, 4.69) is 55.9 Å². The van der Waals surface area contributed by atoms with E-state index in [0.717, 1.165) is 53.6 Å². The molecule has 0 saturated heterocycles. The molecule has 10 heteroatoms. The van der Waals surface area contributed by atoms with E-state index in [-0.39, 0.29) is 11.7 Å². The summed E-state index contributed by atoms with van der Waals surface area (Å²) in [6.07, 6.45) is 13.0. The van der Waals surface area contributed by atoms with Crippen molar-refractivity contribution >= 4 is 0 Å². The van der Waals surface area contributed by atoms with Gasteiger partial charge < -0.3 is 4.57 Å². The molecule has 0 aliphatic heterocycles. The Bertz CT molecular complexity index is 1530. The standard InChI is InChI=1S/C27H31N9O/c1-4-6-9-21-18-36(26-29-14-15-34(26)19(3)5-2)27(37)35(21)17-20-16-28-13-12-22(20)23-10-7-8-11-24(23)25-30-32-33-31-25/h7-8,10-16,18-19H,4-6,9,17H2,1-3H3,(H,30,31,32,33). The number of nitrogens with one attached hydrogen (secondary N) is 1. The maximum absolute atomic E-state index is 13.8. The van der Waals surface area contributed by atoms with Crippen LogP contribution < -0.4 is 5.69 Å². The second kappa shape index (κ2) is 10.7. The summed E-state index contributed by atoms with van der Waals surface area (Å²) in [6.45, 7) is 6.81. The highest BCUT2D eigenvalue weighted by atomic mass is 16.1. The number of hydrogen-bond donors (Lipinski definition) is 1. The number of imidazole rings is 2. The molecule has 1 unspecified atom stereocenters. The Morgan fingerprint density at radius 1 is 1.05 bits per heavy atom. The van der Waals surface area contributed by atoms with Crippen LogP contribution in [-0.4, -0.2) is 44.3 Å². The summed E-state index contributed by atoms with van der Waals surface area (Å²) in [5.41, 5.74) is 4.58. The molecule has 0 radical (unpaired) electrons. The van der Waals surface area contributed by atoms with Crippen LogP contribution in [-0.2, 0) is 13.0 Å². The lowest BCUT2D eigenvalue weighted by atomic mass is 9.96. The summed E-state index contributed by atoms with van der Waals surface area (Å²) in [6, 6.07) is 10.1. The maximum Gasteiger partial charge on any atom is 0.335 e. The van der Waals surface area contributed by atoms with E-state index < -0.39 is 0 Å². The number of unbranched alkanes of at least 4 members (excludes halogenated alkanes) is 1. The van der Waals surface area contributed by atoms with Crippen LogP contribution in [0.25, 0.3) is 28.5 Å². The molecule has 0 fully saturated rings. The minimum Gasteiger partial charge on any atom is -0.314 e.